The van der Waals surface area contributed by atoms with Crippen molar-refractivity contribution >= 4 is 17.3 Å². The van der Waals surface area contributed by atoms with Crippen molar-refractivity contribution in [1.82, 2.24) is 0 Å². The molecule has 116 valence electrons. The maximum atomic E-state index is 11.0. The van der Waals surface area contributed by atoms with Gasteiger partial charge in [0.05, 0.1) is 23.5 Å². The van der Waals surface area contributed by atoms with Gasteiger partial charge in [-0.1, -0.05) is 13.8 Å². The minimum atomic E-state index is -0.891. The van der Waals surface area contributed by atoms with Crippen LogP contribution >= 0.6 is 0 Å². The third-order valence-corrected chi connectivity index (χ3v) is 2.97. The molecule has 0 aliphatic carbocycles. The quantitative estimate of drug-likeness (QED) is 0.536. The van der Waals surface area contributed by atoms with Crippen molar-refractivity contribution in [2.24, 2.45) is 5.92 Å². The van der Waals surface area contributed by atoms with E-state index >= 15 is 0 Å². The summed E-state index contributed by atoms with van der Waals surface area (Å²) >= 11 is 0. The van der Waals surface area contributed by atoms with Crippen molar-refractivity contribution in [3.63, 3.8) is 0 Å². The average Bonchev–Trinajstić information content (AvgIpc) is 2.45. The van der Waals surface area contributed by atoms with Crippen molar-refractivity contribution in [1.29, 1.82) is 0 Å². The number of anilines is 1. The van der Waals surface area contributed by atoms with E-state index in [9.17, 15) is 14.9 Å². The van der Waals surface area contributed by atoms with Gasteiger partial charge in [0.15, 0.2) is 0 Å². The van der Waals surface area contributed by atoms with E-state index in [1.165, 1.54) is 12.1 Å². The number of benzene rings is 1. The molecule has 0 spiro atoms. The number of carbonyl (C=O) groups is 1. The van der Waals surface area contributed by atoms with Gasteiger partial charge in [-0.05, 0) is 12.8 Å². The maximum absolute atomic E-state index is 11.0. The maximum Gasteiger partial charge on any atom is 0.308 e. The highest BCUT2D eigenvalue weighted by molar-refractivity contribution is 5.71. The number of carboxylic acids is 1. The lowest BCUT2D eigenvalue weighted by atomic mass is 10.1. The first-order valence-corrected chi connectivity index (χ1v) is 6.86. The molecule has 0 radical (unpaired) electrons. The van der Waals surface area contributed by atoms with Crippen molar-refractivity contribution in [2.75, 3.05) is 18.5 Å². The molecule has 0 aliphatic rings. The van der Waals surface area contributed by atoms with Gasteiger partial charge >= 0.3 is 5.97 Å². The van der Waals surface area contributed by atoms with Crippen LogP contribution in [0.2, 0.25) is 0 Å². The van der Waals surface area contributed by atoms with Crippen LogP contribution in [0.3, 0.4) is 0 Å². The van der Waals surface area contributed by atoms with Gasteiger partial charge in [0.2, 0.25) is 0 Å². The first-order valence-electron chi connectivity index (χ1n) is 6.86. The number of hydrogen-bond donors (Lipinski definition) is 2. The molecule has 0 bridgehead atoms. The molecule has 0 aromatic heterocycles. The minimum Gasteiger partial charge on any atom is -0.493 e. The normalized spacial score (nSPS) is 11.7. The van der Waals surface area contributed by atoms with Crippen LogP contribution in [0.4, 0.5) is 11.4 Å². The molecule has 0 saturated heterocycles. The third kappa shape index (κ3) is 5.29. The molecule has 1 rings (SSSR count). The van der Waals surface area contributed by atoms with Gasteiger partial charge in [-0.25, -0.2) is 0 Å². The van der Waals surface area contributed by atoms with Gasteiger partial charge in [-0.15, -0.1) is 0 Å². The summed E-state index contributed by atoms with van der Waals surface area (Å²) < 4.78 is 5.41. The number of hydrogen-bond acceptors (Lipinski definition) is 5. The van der Waals surface area contributed by atoms with Crippen molar-refractivity contribution < 1.29 is 19.6 Å². The molecule has 2 N–H and O–H groups in total. The molecule has 7 nitrogen and oxygen atoms in total. The van der Waals surface area contributed by atoms with Crippen LogP contribution in [0.15, 0.2) is 18.2 Å². The molecule has 1 unspecified atom stereocenters. The Labute approximate surface area is 123 Å². The number of aliphatic carboxylic acids is 1. The fourth-order valence-corrected chi connectivity index (χ4v) is 1.74. The lowest BCUT2D eigenvalue weighted by Gasteiger charge is -2.13. The molecule has 0 saturated carbocycles. The van der Waals surface area contributed by atoms with E-state index < -0.39 is 16.8 Å². The number of ether oxygens (including phenoxy) is 1. The van der Waals surface area contributed by atoms with Gasteiger partial charge in [0.25, 0.3) is 5.69 Å². The van der Waals surface area contributed by atoms with E-state index in [0.717, 1.165) is 6.42 Å². The van der Waals surface area contributed by atoms with Gasteiger partial charge < -0.3 is 15.2 Å². The van der Waals surface area contributed by atoms with E-state index in [1.54, 1.807) is 13.0 Å². The highest BCUT2D eigenvalue weighted by Crippen LogP contribution is 2.26. The van der Waals surface area contributed by atoms with Crippen LogP contribution < -0.4 is 10.1 Å². The first kappa shape index (κ1) is 16.7. The predicted molar refractivity (Wildman–Crippen MR) is 78.8 cm³/mol. The zero-order valence-corrected chi connectivity index (χ0v) is 12.2. The molecule has 1 aromatic rings. The summed E-state index contributed by atoms with van der Waals surface area (Å²) in [4.78, 5) is 21.4. The van der Waals surface area contributed by atoms with Crippen LogP contribution in [0.5, 0.6) is 5.75 Å². The van der Waals surface area contributed by atoms with E-state index in [4.69, 9.17) is 9.84 Å². The monoisotopic (exact) mass is 296 g/mol. The second-order valence-electron chi connectivity index (χ2n) is 4.65. The van der Waals surface area contributed by atoms with Gasteiger partial charge in [0.1, 0.15) is 5.75 Å². The molecule has 0 amide bonds. The Hall–Kier alpha value is -2.31. The Balaban J connectivity index is 2.86. The number of nitrogens with one attached hydrogen (secondary N) is 1. The fraction of sp³-hybridized carbons (Fsp3) is 0.500. The van der Waals surface area contributed by atoms with Crippen LogP contribution in [-0.4, -0.2) is 29.2 Å². The molecule has 0 heterocycles. The summed E-state index contributed by atoms with van der Waals surface area (Å²) in [6.45, 7) is 4.40. The highest BCUT2D eigenvalue weighted by atomic mass is 16.6. The third-order valence-electron chi connectivity index (χ3n) is 2.97. The fourth-order valence-electron chi connectivity index (χ4n) is 1.74. The highest BCUT2D eigenvalue weighted by Gasteiger charge is 2.16. The number of carboxylic acid groups (broad SMARTS) is 1. The van der Waals surface area contributed by atoms with Gasteiger partial charge in [-0.2, -0.15) is 0 Å². The van der Waals surface area contributed by atoms with E-state index in [2.05, 4.69) is 5.32 Å². The predicted octanol–water partition coefficient (Wildman–Crippen LogP) is 2.91. The zero-order valence-electron chi connectivity index (χ0n) is 12.2. The van der Waals surface area contributed by atoms with Crippen LogP contribution in [0.1, 0.15) is 26.7 Å². The van der Waals surface area contributed by atoms with E-state index in [-0.39, 0.29) is 12.2 Å². The largest absolute Gasteiger partial charge is 0.493 e. The number of non-ortho nitro benzene ring substituents is 1. The van der Waals surface area contributed by atoms with E-state index in [0.29, 0.717) is 24.5 Å². The summed E-state index contributed by atoms with van der Waals surface area (Å²) in [7, 11) is 0. The first-order chi connectivity index (χ1) is 9.97. The van der Waals surface area contributed by atoms with Crippen molar-refractivity contribution in [2.45, 2.75) is 26.7 Å². The molecule has 0 fully saturated rings. The SMILES string of the molecule is CCCOc1cc(NCC(CC)C(=O)O)cc([N+](=O)[O-])c1. The molecule has 1 atom stereocenters. The van der Waals surface area contributed by atoms with Crippen molar-refractivity contribution in [3.8, 4) is 5.75 Å². The second kappa shape index (κ2) is 8.08. The Morgan fingerprint density at radius 2 is 2.14 bits per heavy atom. The summed E-state index contributed by atoms with van der Waals surface area (Å²) in [5.74, 6) is -1.03. The Kier molecular flexibility index (Phi) is 6.45. The minimum absolute atomic E-state index is 0.0884. The van der Waals surface area contributed by atoms with Gasteiger partial charge in [0, 0.05) is 24.4 Å². The molecule has 7 heteroatoms. The summed E-state index contributed by atoms with van der Waals surface area (Å²) in [5, 5.41) is 22.8. The average molecular weight is 296 g/mol. The molecule has 0 aliphatic heterocycles. The Morgan fingerprint density at radius 1 is 1.43 bits per heavy atom. The summed E-state index contributed by atoms with van der Waals surface area (Å²) in [6.07, 6.45) is 1.28. The second-order valence-corrected chi connectivity index (χ2v) is 4.65. The summed E-state index contributed by atoms with van der Waals surface area (Å²) in [5.41, 5.74) is 0.393. The topological polar surface area (TPSA) is 102 Å². The number of nitro benzene ring substituents is 1. The molecule has 1 aromatic carbocycles. The number of nitro groups is 1. The lowest BCUT2D eigenvalue weighted by molar-refractivity contribution is -0.384. The van der Waals surface area contributed by atoms with Gasteiger partial charge in [-0.3, -0.25) is 14.9 Å². The summed E-state index contributed by atoms with van der Waals surface area (Å²) in [6, 6.07) is 4.36. The standard InChI is InChI=1S/C14H20N2O5/c1-3-5-21-13-7-11(6-12(8-13)16(19)20)15-9-10(4-2)14(17)18/h6-8,10,15H,3-5,9H2,1-2H3,(H,17,18). The van der Waals surface area contributed by atoms with Crippen LogP contribution in [0, 0.1) is 16.0 Å². The van der Waals surface area contributed by atoms with E-state index in [1.807, 2.05) is 6.92 Å². The molecular formula is C14H20N2O5. The Bertz CT molecular complexity index is 504. The number of rotatable bonds is 9. The van der Waals surface area contributed by atoms with Crippen LogP contribution in [0.25, 0.3) is 0 Å². The number of nitrogens with zero attached hydrogens (tertiary/aromatic N) is 1. The molecular weight excluding hydrogens is 276 g/mol. The molecule has 21 heavy (non-hydrogen) atoms. The van der Waals surface area contributed by atoms with Crippen LogP contribution in [-0.2, 0) is 4.79 Å². The smallest absolute Gasteiger partial charge is 0.308 e. The zero-order chi connectivity index (χ0) is 15.8. The van der Waals surface area contributed by atoms with Crippen molar-refractivity contribution in [3.05, 3.63) is 28.3 Å². The lowest BCUT2D eigenvalue weighted by Crippen LogP contribution is -2.22. The Morgan fingerprint density at radius 3 is 2.67 bits per heavy atom.